The number of carbonyl (C=O) groups is 2. The normalized spacial score (nSPS) is 10.1. The van der Waals surface area contributed by atoms with Crippen molar-refractivity contribution in [1.29, 1.82) is 5.26 Å². The third kappa shape index (κ3) is 3.89. The van der Waals surface area contributed by atoms with Crippen LogP contribution in [0.5, 0.6) is 5.75 Å². The van der Waals surface area contributed by atoms with Crippen molar-refractivity contribution in [2.24, 2.45) is 0 Å². The van der Waals surface area contributed by atoms with Crippen LogP contribution in [0.25, 0.3) is 5.69 Å². The molecule has 3 N–H and O–H groups in total. The van der Waals surface area contributed by atoms with E-state index >= 15 is 0 Å². The van der Waals surface area contributed by atoms with Crippen molar-refractivity contribution in [3.63, 3.8) is 0 Å². The number of methoxy groups -OCH3 is 2. The Hall–Kier alpha value is -4.25. The molecule has 0 saturated carbocycles. The Labute approximate surface area is 167 Å². The Bertz CT molecular complexity index is 1110. The molecule has 0 atom stereocenters. The molecule has 1 amide bonds. The monoisotopic (exact) mass is 390 g/mol. The van der Waals surface area contributed by atoms with Gasteiger partial charge in [0, 0.05) is 23.1 Å². The second-order valence-corrected chi connectivity index (χ2v) is 6.01. The molecule has 3 aromatic rings. The maximum Gasteiger partial charge on any atom is 0.357 e. The summed E-state index contributed by atoms with van der Waals surface area (Å²) in [4.78, 5) is 24.8. The van der Waals surface area contributed by atoms with Gasteiger partial charge in [-0.15, -0.1) is 0 Å². The first-order valence-electron chi connectivity index (χ1n) is 8.53. The zero-order chi connectivity index (χ0) is 21.0. The van der Waals surface area contributed by atoms with Gasteiger partial charge < -0.3 is 25.1 Å². The van der Waals surface area contributed by atoms with E-state index in [-0.39, 0.29) is 22.9 Å². The highest BCUT2D eigenvalue weighted by atomic mass is 16.5. The topological polar surface area (TPSA) is 119 Å². The quantitative estimate of drug-likeness (QED) is 0.647. The van der Waals surface area contributed by atoms with Crippen LogP contribution in [0.3, 0.4) is 0 Å². The van der Waals surface area contributed by atoms with Crippen LogP contribution in [0.4, 0.5) is 11.4 Å². The summed E-state index contributed by atoms with van der Waals surface area (Å²) < 4.78 is 11.3. The van der Waals surface area contributed by atoms with Crippen LogP contribution < -0.4 is 15.8 Å². The average Bonchev–Trinajstić information content (AvgIpc) is 3.10. The number of amides is 1. The lowest BCUT2D eigenvalue weighted by molar-refractivity contribution is 0.0593. The summed E-state index contributed by atoms with van der Waals surface area (Å²) in [5.41, 5.74) is 7.55. The molecule has 1 aromatic heterocycles. The summed E-state index contributed by atoms with van der Waals surface area (Å²) in [7, 11) is 2.79. The highest BCUT2D eigenvalue weighted by Gasteiger charge is 2.22. The maximum absolute atomic E-state index is 12.6. The average molecular weight is 390 g/mol. The molecule has 0 fully saturated rings. The van der Waals surface area contributed by atoms with Crippen molar-refractivity contribution in [3.8, 4) is 17.5 Å². The molecule has 0 aliphatic carbocycles. The van der Waals surface area contributed by atoms with E-state index in [1.807, 2.05) is 6.07 Å². The molecule has 0 radical (unpaired) electrons. The van der Waals surface area contributed by atoms with Crippen LogP contribution in [-0.4, -0.2) is 30.7 Å². The second-order valence-electron chi connectivity index (χ2n) is 6.01. The molecule has 29 heavy (non-hydrogen) atoms. The predicted molar refractivity (Wildman–Crippen MR) is 107 cm³/mol. The van der Waals surface area contributed by atoms with Gasteiger partial charge in [0.1, 0.15) is 11.8 Å². The number of hydrogen-bond acceptors (Lipinski definition) is 6. The molecular weight excluding hydrogens is 372 g/mol. The van der Waals surface area contributed by atoms with E-state index in [2.05, 4.69) is 5.32 Å². The fraction of sp³-hybridized carbons (Fsp3) is 0.0952. The number of nitrogens with one attached hydrogen (secondary N) is 1. The van der Waals surface area contributed by atoms with Gasteiger partial charge in [0.2, 0.25) is 0 Å². The number of ether oxygens (including phenoxy) is 2. The van der Waals surface area contributed by atoms with E-state index in [4.69, 9.17) is 15.2 Å². The molecular formula is C21H18N4O4. The largest absolute Gasteiger partial charge is 0.497 e. The summed E-state index contributed by atoms with van der Waals surface area (Å²) in [5, 5.41) is 12.0. The zero-order valence-electron chi connectivity index (χ0n) is 15.8. The SMILES string of the molecule is COC(=O)c1c(N)c(C#N)cn1-c1cccc(C(=O)Nc2ccc(OC)cc2)c1. The van der Waals surface area contributed by atoms with Gasteiger partial charge in [-0.05, 0) is 42.5 Å². The molecule has 8 nitrogen and oxygen atoms in total. The van der Waals surface area contributed by atoms with E-state index in [0.29, 0.717) is 22.7 Å². The number of aromatic nitrogens is 1. The van der Waals surface area contributed by atoms with Gasteiger partial charge in [0.15, 0.2) is 5.69 Å². The van der Waals surface area contributed by atoms with Crippen molar-refractivity contribution in [2.75, 3.05) is 25.3 Å². The highest BCUT2D eigenvalue weighted by Crippen LogP contribution is 2.25. The number of carbonyl (C=O) groups excluding carboxylic acids is 2. The van der Waals surface area contributed by atoms with Gasteiger partial charge in [-0.3, -0.25) is 4.79 Å². The Morgan fingerprint density at radius 3 is 2.48 bits per heavy atom. The van der Waals surface area contributed by atoms with Gasteiger partial charge in [0.25, 0.3) is 5.91 Å². The minimum Gasteiger partial charge on any atom is -0.497 e. The minimum absolute atomic E-state index is 0.0208. The van der Waals surface area contributed by atoms with Gasteiger partial charge >= 0.3 is 5.97 Å². The third-order valence-corrected chi connectivity index (χ3v) is 4.28. The fourth-order valence-electron chi connectivity index (χ4n) is 2.79. The first-order valence-corrected chi connectivity index (χ1v) is 8.53. The number of nitrogens with two attached hydrogens (primary N) is 1. The number of anilines is 2. The molecule has 0 aliphatic heterocycles. The van der Waals surface area contributed by atoms with Crippen molar-refractivity contribution >= 4 is 23.3 Å². The first-order chi connectivity index (χ1) is 14.0. The second kappa shape index (κ2) is 8.19. The fourth-order valence-corrected chi connectivity index (χ4v) is 2.79. The Morgan fingerprint density at radius 1 is 1.14 bits per heavy atom. The number of nitriles is 1. The number of hydrogen-bond donors (Lipinski definition) is 2. The number of benzene rings is 2. The Balaban J connectivity index is 1.94. The third-order valence-electron chi connectivity index (χ3n) is 4.28. The summed E-state index contributed by atoms with van der Waals surface area (Å²) in [6, 6.07) is 15.4. The van der Waals surface area contributed by atoms with Crippen LogP contribution in [0, 0.1) is 11.3 Å². The van der Waals surface area contributed by atoms with Gasteiger partial charge in [-0.1, -0.05) is 6.07 Å². The molecule has 1 heterocycles. The molecule has 146 valence electrons. The smallest absolute Gasteiger partial charge is 0.357 e. The summed E-state index contributed by atoms with van der Waals surface area (Å²) in [6.07, 6.45) is 1.43. The summed E-state index contributed by atoms with van der Waals surface area (Å²) in [6.45, 7) is 0. The molecule has 3 rings (SSSR count). The molecule has 0 unspecified atom stereocenters. The Kier molecular flexibility index (Phi) is 5.51. The molecule has 0 spiro atoms. The molecule has 0 bridgehead atoms. The van der Waals surface area contributed by atoms with E-state index in [0.717, 1.165) is 0 Å². The molecule has 8 heteroatoms. The Morgan fingerprint density at radius 2 is 1.86 bits per heavy atom. The van der Waals surface area contributed by atoms with Crippen molar-refractivity contribution < 1.29 is 19.1 Å². The summed E-state index contributed by atoms with van der Waals surface area (Å²) in [5.74, 6) is -0.340. The number of nitrogen functional groups attached to an aromatic ring is 1. The number of esters is 1. The molecule has 2 aromatic carbocycles. The number of rotatable bonds is 5. The van der Waals surface area contributed by atoms with E-state index in [1.165, 1.54) is 17.9 Å². The molecule has 0 aliphatic rings. The number of nitrogens with zero attached hydrogens (tertiary/aromatic N) is 2. The van der Waals surface area contributed by atoms with E-state index in [1.54, 1.807) is 55.6 Å². The van der Waals surface area contributed by atoms with Crippen LogP contribution in [0.2, 0.25) is 0 Å². The van der Waals surface area contributed by atoms with Crippen molar-refractivity contribution in [2.45, 2.75) is 0 Å². The van der Waals surface area contributed by atoms with Crippen molar-refractivity contribution in [3.05, 3.63) is 71.5 Å². The van der Waals surface area contributed by atoms with Crippen LogP contribution in [-0.2, 0) is 4.74 Å². The van der Waals surface area contributed by atoms with Gasteiger partial charge in [-0.25, -0.2) is 4.79 Å². The lowest BCUT2D eigenvalue weighted by Gasteiger charge is -2.11. The van der Waals surface area contributed by atoms with E-state index < -0.39 is 5.97 Å². The van der Waals surface area contributed by atoms with Crippen LogP contribution in [0.1, 0.15) is 26.4 Å². The standard InChI is InChI=1S/C21H18N4O4/c1-28-17-8-6-15(7-9-17)24-20(26)13-4-3-5-16(10-13)25-12-14(11-22)18(23)19(25)21(27)29-2/h3-10,12H,23H2,1-2H3,(H,24,26). The van der Waals surface area contributed by atoms with Crippen LogP contribution in [0.15, 0.2) is 54.7 Å². The van der Waals surface area contributed by atoms with Gasteiger partial charge in [0.05, 0.1) is 25.5 Å². The lowest BCUT2D eigenvalue weighted by Crippen LogP contribution is -2.14. The maximum atomic E-state index is 12.6. The molecule has 0 saturated heterocycles. The van der Waals surface area contributed by atoms with Gasteiger partial charge in [-0.2, -0.15) is 5.26 Å². The van der Waals surface area contributed by atoms with E-state index in [9.17, 15) is 14.9 Å². The summed E-state index contributed by atoms with van der Waals surface area (Å²) >= 11 is 0. The zero-order valence-corrected chi connectivity index (χ0v) is 15.8. The minimum atomic E-state index is -0.683. The predicted octanol–water partition coefficient (Wildman–Crippen LogP) is 2.98. The van der Waals surface area contributed by atoms with Crippen molar-refractivity contribution in [1.82, 2.24) is 4.57 Å². The highest BCUT2D eigenvalue weighted by molar-refractivity contribution is 6.04. The first kappa shape index (κ1) is 19.5. The lowest BCUT2D eigenvalue weighted by atomic mass is 10.1. The van der Waals surface area contributed by atoms with Crippen LogP contribution >= 0.6 is 0 Å².